The number of ether oxygens (including phenoxy) is 1. The third-order valence-corrected chi connectivity index (χ3v) is 2.12. The zero-order chi connectivity index (χ0) is 12.5. The van der Waals surface area contributed by atoms with Gasteiger partial charge in [0.1, 0.15) is 0 Å². The molecule has 94 valence electrons. The Morgan fingerprint density at radius 1 is 1.29 bits per heavy atom. The summed E-state index contributed by atoms with van der Waals surface area (Å²) < 4.78 is 5.05. The Hall–Kier alpha value is -1.59. The van der Waals surface area contributed by atoms with E-state index in [9.17, 15) is 4.79 Å². The second kappa shape index (κ2) is 7.65. The predicted molar refractivity (Wildman–Crippen MR) is 66.6 cm³/mol. The molecule has 0 aliphatic rings. The van der Waals surface area contributed by atoms with Crippen LogP contribution in [0.1, 0.15) is 12.8 Å². The van der Waals surface area contributed by atoms with Gasteiger partial charge in [0.2, 0.25) is 5.91 Å². The first-order chi connectivity index (χ1) is 8.22. The molecule has 5 nitrogen and oxygen atoms in total. The molecule has 1 aromatic rings. The molecule has 17 heavy (non-hydrogen) atoms. The van der Waals surface area contributed by atoms with Crippen molar-refractivity contribution in [2.24, 2.45) is 0 Å². The third-order valence-electron chi connectivity index (χ3n) is 2.12. The molecule has 0 saturated carbocycles. The van der Waals surface area contributed by atoms with Crippen molar-refractivity contribution in [3.8, 4) is 0 Å². The van der Waals surface area contributed by atoms with E-state index in [-0.39, 0.29) is 12.5 Å². The molecule has 0 heterocycles. The quantitative estimate of drug-likeness (QED) is 0.488. The minimum atomic E-state index is -0.0534. The lowest BCUT2D eigenvalue weighted by molar-refractivity contribution is -0.116. The second-order valence-electron chi connectivity index (χ2n) is 3.61. The summed E-state index contributed by atoms with van der Waals surface area (Å²) in [5.74, 6) is -0.0534. The van der Waals surface area contributed by atoms with Crippen molar-refractivity contribution in [1.82, 2.24) is 0 Å². The van der Waals surface area contributed by atoms with E-state index in [0.29, 0.717) is 31.7 Å². The monoisotopic (exact) mass is 238 g/mol. The Bertz CT molecular complexity index is 338. The molecule has 0 bridgehead atoms. The van der Waals surface area contributed by atoms with Crippen molar-refractivity contribution in [2.75, 3.05) is 30.9 Å². The van der Waals surface area contributed by atoms with Crippen molar-refractivity contribution in [3.63, 3.8) is 0 Å². The minimum Gasteiger partial charge on any atom is -0.399 e. The van der Waals surface area contributed by atoms with Gasteiger partial charge in [-0.25, -0.2) is 0 Å². The molecule has 0 atom stereocenters. The highest BCUT2D eigenvalue weighted by Gasteiger charge is 2.01. The van der Waals surface area contributed by atoms with Crippen LogP contribution < -0.4 is 11.1 Å². The highest BCUT2D eigenvalue weighted by atomic mass is 16.5. The van der Waals surface area contributed by atoms with E-state index in [1.165, 1.54) is 0 Å². The van der Waals surface area contributed by atoms with Crippen LogP contribution in [0.15, 0.2) is 24.3 Å². The molecule has 5 heteroatoms. The number of hydrogen-bond donors (Lipinski definition) is 3. The van der Waals surface area contributed by atoms with E-state index in [4.69, 9.17) is 15.6 Å². The normalized spacial score (nSPS) is 10.2. The van der Waals surface area contributed by atoms with Crippen molar-refractivity contribution >= 4 is 17.3 Å². The SMILES string of the molecule is Nc1ccc(NC(=O)CCCOCCO)cc1. The molecule has 0 aliphatic carbocycles. The van der Waals surface area contributed by atoms with Gasteiger partial charge in [0, 0.05) is 24.4 Å². The van der Waals surface area contributed by atoms with Crippen molar-refractivity contribution in [2.45, 2.75) is 12.8 Å². The van der Waals surface area contributed by atoms with E-state index < -0.39 is 0 Å². The topological polar surface area (TPSA) is 84.6 Å². The summed E-state index contributed by atoms with van der Waals surface area (Å²) in [5, 5.41) is 11.2. The summed E-state index contributed by atoms with van der Waals surface area (Å²) in [4.78, 5) is 11.5. The van der Waals surface area contributed by atoms with Gasteiger partial charge in [-0.15, -0.1) is 0 Å². The smallest absolute Gasteiger partial charge is 0.224 e. The molecule has 0 saturated heterocycles. The van der Waals surface area contributed by atoms with Crippen LogP contribution in [0.3, 0.4) is 0 Å². The largest absolute Gasteiger partial charge is 0.399 e. The summed E-state index contributed by atoms with van der Waals surface area (Å²) in [6.45, 7) is 0.812. The van der Waals surface area contributed by atoms with E-state index >= 15 is 0 Å². The van der Waals surface area contributed by atoms with Crippen molar-refractivity contribution in [1.29, 1.82) is 0 Å². The molecule has 0 unspecified atom stereocenters. The number of carbonyl (C=O) groups excluding carboxylic acids is 1. The highest BCUT2D eigenvalue weighted by molar-refractivity contribution is 5.90. The summed E-state index contributed by atoms with van der Waals surface area (Å²) in [6.07, 6.45) is 1.04. The van der Waals surface area contributed by atoms with E-state index in [0.717, 1.165) is 5.69 Å². The maximum atomic E-state index is 11.5. The Morgan fingerprint density at radius 3 is 2.65 bits per heavy atom. The summed E-state index contributed by atoms with van der Waals surface area (Å²) >= 11 is 0. The standard InChI is InChI=1S/C12H18N2O3/c13-10-3-5-11(6-4-10)14-12(16)2-1-8-17-9-7-15/h3-6,15H,1-2,7-9,13H2,(H,14,16). The lowest BCUT2D eigenvalue weighted by atomic mass is 10.2. The number of hydrogen-bond acceptors (Lipinski definition) is 4. The number of carbonyl (C=O) groups is 1. The lowest BCUT2D eigenvalue weighted by Gasteiger charge is -2.05. The molecule has 1 amide bonds. The Kier molecular flexibility index (Phi) is 6.06. The number of amides is 1. The molecule has 0 fully saturated rings. The molecular formula is C12H18N2O3. The summed E-state index contributed by atoms with van der Waals surface area (Å²) in [5.41, 5.74) is 6.94. The van der Waals surface area contributed by atoms with Crippen LogP contribution in [0.25, 0.3) is 0 Å². The maximum absolute atomic E-state index is 11.5. The Balaban J connectivity index is 2.18. The molecule has 1 rings (SSSR count). The average molecular weight is 238 g/mol. The van der Waals surface area contributed by atoms with Crippen LogP contribution in [0.5, 0.6) is 0 Å². The van der Waals surface area contributed by atoms with Gasteiger partial charge in [-0.2, -0.15) is 0 Å². The van der Waals surface area contributed by atoms with Gasteiger partial charge in [0.25, 0.3) is 0 Å². The van der Waals surface area contributed by atoms with Gasteiger partial charge in [0.15, 0.2) is 0 Å². The highest BCUT2D eigenvalue weighted by Crippen LogP contribution is 2.10. The van der Waals surface area contributed by atoms with E-state index in [1.807, 2.05) is 0 Å². The predicted octanol–water partition coefficient (Wildman–Crippen LogP) is 0.996. The second-order valence-corrected chi connectivity index (χ2v) is 3.61. The first-order valence-electron chi connectivity index (χ1n) is 5.56. The number of anilines is 2. The van der Waals surface area contributed by atoms with Gasteiger partial charge in [-0.3, -0.25) is 4.79 Å². The zero-order valence-electron chi connectivity index (χ0n) is 9.69. The minimum absolute atomic E-state index is 0.0115. The molecule has 4 N–H and O–H groups in total. The van der Waals surface area contributed by atoms with Gasteiger partial charge in [-0.1, -0.05) is 0 Å². The number of nitrogen functional groups attached to an aromatic ring is 1. The van der Waals surface area contributed by atoms with Gasteiger partial charge in [0.05, 0.1) is 13.2 Å². The average Bonchev–Trinajstić information content (AvgIpc) is 2.32. The van der Waals surface area contributed by atoms with E-state index in [1.54, 1.807) is 24.3 Å². The number of nitrogens with two attached hydrogens (primary N) is 1. The number of rotatable bonds is 7. The first-order valence-corrected chi connectivity index (χ1v) is 5.56. The number of aliphatic hydroxyl groups excluding tert-OH is 1. The molecule has 0 radical (unpaired) electrons. The number of benzene rings is 1. The fourth-order valence-corrected chi connectivity index (χ4v) is 1.29. The lowest BCUT2D eigenvalue weighted by Crippen LogP contribution is -2.12. The number of aliphatic hydroxyl groups is 1. The van der Waals surface area contributed by atoms with Crippen LogP contribution in [0, 0.1) is 0 Å². The van der Waals surface area contributed by atoms with Crippen LogP contribution in [0.4, 0.5) is 11.4 Å². The first kappa shape index (κ1) is 13.5. The van der Waals surface area contributed by atoms with Gasteiger partial charge >= 0.3 is 0 Å². The van der Waals surface area contributed by atoms with Crippen LogP contribution >= 0.6 is 0 Å². The van der Waals surface area contributed by atoms with Gasteiger partial charge < -0.3 is 20.9 Å². The van der Waals surface area contributed by atoms with Gasteiger partial charge in [-0.05, 0) is 30.7 Å². The number of nitrogens with one attached hydrogen (secondary N) is 1. The van der Waals surface area contributed by atoms with E-state index in [2.05, 4.69) is 5.32 Å². The van der Waals surface area contributed by atoms with Crippen LogP contribution in [-0.2, 0) is 9.53 Å². The summed E-state index contributed by atoms with van der Waals surface area (Å²) in [7, 11) is 0. The molecular weight excluding hydrogens is 220 g/mol. The molecule has 1 aromatic carbocycles. The Morgan fingerprint density at radius 2 is 2.00 bits per heavy atom. The molecule has 0 aromatic heterocycles. The maximum Gasteiger partial charge on any atom is 0.224 e. The van der Waals surface area contributed by atoms with Crippen LogP contribution in [-0.4, -0.2) is 30.8 Å². The summed E-state index contributed by atoms with van der Waals surface area (Å²) in [6, 6.07) is 6.99. The third kappa shape index (κ3) is 5.89. The van der Waals surface area contributed by atoms with Crippen molar-refractivity contribution in [3.05, 3.63) is 24.3 Å². The molecule has 0 aliphatic heterocycles. The zero-order valence-corrected chi connectivity index (χ0v) is 9.69. The Labute approximate surface area is 101 Å². The molecule has 0 spiro atoms. The van der Waals surface area contributed by atoms with Crippen molar-refractivity contribution < 1.29 is 14.6 Å². The van der Waals surface area contributed by atoms with Crippen LogP contribution in [0.2, 0.25) is 0 Å². The fraction of sp³-hybridized carbons (Fsp3) is 0.417. The fourth-order valence-electron chi connectivity index (χ4n) is 1.29.